The summed E-state index contributed by atoms with van der Waals surface area (Å²) in [5, 5.41) is 3.65. The highest BCUT2D eigenvalue weighted by atomic mass is 79.9. The summed E-state index contributed by atoms with van der Waals surface area (Å²) in [6, 6.07) is 7.06. The van der Waals surface area contributed by atoms with Crippen LogP contribution in [-0.2, 0) is 0 Å². The quantitative estimate of drug-likeness (QED) is 0.792. The molecular weight excluding hydrogens is 274 g/mol. The Balaban J connectivity index is 3.07. The van der Waals surface area contributed by atoms with E-state index in [0.29, 0.717) is 12.0 Å². The van der Waals surface area contributed by atoms with E-state index >= 15 is 0 Å². The minimum absolute atomic E-state index is 0.479. The molecule has 17 heavy (non-hydrogen) atoms. The molecule has 0 aliphatic rings. The minimum atomic E-state index is 0.479. The molecular formula is C15H24BrN. The van der Waals surface area contributed by atoms with Gasteiger partial charge in [-0.3, -0.25) is 0 Å². The van der Waals surface area contributed by atoms with E-state index in [-0.39, 0.29) is 0 Å². The van der Waals surface area contributed by atoms with Crippen LogP contribution < -0.4 is 5.32 Å². The molecule has 1 aromatic carbocycles. The third kappa shape index (κ3) is 3.82. The van der Waals surface area contributed by atoms with Crippen LogP contribution in [0.3, 0.4) is 0 Å². The summed E-state index contributed by atoms with van der Waals surface area (Å²) in [4.78, 5) is 0. The Kier molecular flexibility index (Phi) is 6.21. The molecule has 0 aliphatic heterocycles. The Labute approximate surface area is 114 Å². The first-order valence-electron chi connectivity index (χ1n) is 6.63. The SMILES string of the molecule is CCNC(c1cc(Br)ccc1C)C(CC)CC. The van der Waals surface area contributed by atoms with Crippen molar-refractivity contribution in [2.45, 2.75) is 46.6 Å². The first kappa shape index (κ1) is 14.7. The molecule has 1 atom stereocenters. The van der Waals surface area contributed by atoms with Gasteiger partial charge in [0.25, 0.3) is 0 Å². The van der Waals surface area contributed by atoms with Crippen LogP contribution in [0.5, 0.6) is 0 Å². The Bertz CT molecular complexity index is 345. The van der Waals surface area contributed by atoms with Crippen molar-refractivity contribution in [2.75, 3.05) is 6.54 Å². The first-order chi connectivity index (χ1) is 8.13. The second-order valence-corrected chi connectivity index (χ2v) is 5.53. The molecule has 0 saturated heterocycles. The average molecular weight is 298 g/mol. The van der Waals surface area contributed by atoms with Crippen LogP contribution >= 0.6 is 15.9 Å². The number of aryl methyl sites for hydroxylation is 1. The van der Waals surface area contributed by atoms with Gasteiger partial charge < -0.3 is 5.32 Å². The van der Waals surface area contributed by atoms with Gasteiger partial charge >= 0.3 is 0 Å². The van der Waals surface area contributed by atoms with Gasteiger partial charge in [-0.25, -0.2) is 0 Å². The normalized spacial score (nSPS) is 13.1. The summed E-state index contributed by atoms with van der Waals surface area (Å²) in [6.45, 7) is 9.97. The van der Waals surface area contributed by atoms with Crippen LogP contribution in [0.1, 0.15) is 50.8 Å². The van der Waals surface area contributed by atoms with Crippen molar-refractivity contribution in [1.82, 2.24) is 5.32 Å². The zero-order valence-electron chi connectivity index (χ0n) is 11.4. The third-order valence-electron chi connectivity index (χ3n) is 3.52. The smallest absolute Gasteiger partial charge is 0.0351 e. The standard InChI is InChI=1S/C15H24BrN/c1-5-12(6-2)15(17-7-3)14-10-13(16)9-8-11(14)4/h8-10,12,15,17H,5-7H2,1-4H3. The zero-order valence-corrected chi connectivity index (χ0v) is 13.0. The van der Waals surface area contributed by atoms with E-state index in [0.717, 1.165) is 6.54 Å². The number of hydrogen-bond donors (Lipinski definition) is 1. The summed E-state index contributed by atoms with van der Waals surface area (Å²) in [5.41, 5.74) is 2.82. The fourth-order valence-electron chi connectivity index (χ4n) is 2.46. The van der Waals surface area contributed by atoms with Crippen molar-refractivity contribution < 1.29 is 0 Å². The van der Waals surface area contributed by atoms with Crippen molar-refractivity contribution in [1.29, 1.82) is 0 Å². The molecule has 0 amide bonds. The molecule has 0 radical (unpaired) electrons. The van der Waals surface area contributed by atoms with Gasteiger partial charge in [0.15, 0.2) is 0 Å². The number of halogens is 1. The van der Waals surface area contributed by atoms with Crippen LogP contribution in [0.4, 0.5) is 0 Å². The monoisotopic (exact) mass is 297 g/mol. The van der Waals surface area contributed by atoms with E-state index in [2.05, 4.69) is 67.1 Å². The second kappa shape index (κ2) is 7.17. The summed E-state index contributed by atoms with van der Waals surface area (Å²) in [5.74, 6) is 0.711. The van der Waals surface area contributed by atoms with Gasteiger partial charge in [-0.1, -0.05) is 55.6 Å². The van der Waals surface area contributed by atoms with Gasteiger partial charge in [0.1, 0.15) is 0 Å². The number of nitrogens with one attached hydrogen (secondary N) is 1. The highest BCUT2D eigenvalue weighted by Gasteiger charge is 2.20. The van der Waals surface area contributed by atoms with E-state index in [4.69, 9.17) is 0 Å². The van der Waals surface area contributed by atoms with E-state index < -0.39 is 0 Å². The van der Waals surface area contributed by atoms with E-state index in [1.54, 1.807) is 0 Å². The maximum atomic E-state index is 3.65. The van der Waals surface area contributed by atoms with Crippen molar-refractivity contribution in [2.24, 2.45) is 5.92 Å². The second-order valence-electron chi connectivity index (χ2n) is 4.61. The van der Waals surface area contributed by atoms with Crippen LogP contribution in [-0.4, -0.2) is 6.54 Å². The van der Waals surface area contributed by atoms with Crippen LogP contribution in [0.15, 0.2) is 22.7 Å². The van der Waals surface area contributed by atoms with Crippen LogP contribution in [0, 0.1) is 12.8 Å². The molecule has 0 aromatic heterocycles. The highest BCUT2D eigenvalue weighted by Crippen LogP contribution is 2.31. The van der Waals surface area contributed by atoms with Gasteiger partial charge in [-0.2, -0.15) is 0 Å². The van der Waals surface area contributed by atoms with Crippen molar-refractivity contribution in [3.05, 3.63) is 33.8 Å². The van der Waals surface area contributed by atoms with Gasteiger partial charge in [0, 0.05) is 10.5 Å². The van der Waals surface area contributed by atoms with E-state index in [9.17, 15) is 0 Å². The Morgan fingerprint density at radius 1 is 1.18 bits per heavy atom. The third-order valence-corrected chi connectivity index (χ3v) is 4.01. The lowest BCUT2D eigenvalue weighted by atomic mass is 9.87. The molecule has 1 nitrogen and oxygen atoms in total. The largest absolute Gasteiger partial charge is 0.310 e. The molecule has 1 N–H and O–H groups in total. The molecule has 0 heterocycles. The topological polar surface area (TPSA) is 12.0 Å². The minimum Gasteiger partial charge on any atom is -0.310 e. The molecule has 1 rings (SSSR count). The van der Waals surface area contributed by atoms with Crippen molar-refractivity contribution in [3.63, 3.8) is 0 Å². The maximum absolute atomic E-state index is 3.65. The zero-order chi connectivity index (χ0) is 12.8. The molecule has 2 heteroatoms. The highest BCUT2D eigenvalue weighted by molar-refractivity contribution is 9.10. The lowest BCUT2D eigenvalue weighted by molar-refractivity contribution is 0.345. The maximum Gasteiger partial charge on any atom is 0.0351 e. The predicted octanol–water partition coefficient (Wildman–Crippen LogP) is 4.84. The summed E-state index contributed by atoms with van der Waals surface area (Å²) < 4.78 is 1.17. The molecule has 0 aliphatic carbocycles. The fourth-order valence-corrected chi connectivity index (χ4v) is 2.84. The van der Waals surface area contributed by atoms with Crippen LogP contribution in [0.2, 0.25) is 0 Å². The fraction of sp³-hybridized carbons (Fsp3) is 0.600. The van der Waals surface area contributed by atoms with E-state index in [1.165, 1.54) is 28.4 Å². The summed E-state index contributed by atoms with van der Waals surface area (Å²) >= 11 is 3.58. The van der Waals surface area contributed by atoms with Crippen molar-refractivity contribution >= 4 is 15.9 Å². The summed E-state index contributed by atoms with van der Waals surface area (Å²) in [6.07, 6.45) is 2.44. The molecule has 0 spiro atoms. The number of hydrogen-bond acceptors (Lipinski definition) is 1. The number of benzene rings is 1. The molecule has 1 unspecified atom stereocenters. The molecule has 0 saturated carbocycles. The van der Waals surface area contributed by atoms with Crippen LogP contribution in [0.25, 0.3) is 0 Å². The van der Waals surface area contributed by atoms with Gasteiger partial charge in [0.2, 0.25) is 0 Å². The summed E-state index contributed by atoms with van der Waals surface area (Å²) in [7, 11) is 0. The Morgan fingerprint density at radius 3 is 2.35 bits per heavy atom. The number of rotatable bonds is 6. The Hall–Kier alpha value is -0.340. The molecule has 96 valence electrons. The Morgan fingerprint density at radius 2 is 1.82 bits per heavy atom. The molecule has 1 aromatic rings. The van der Waals surface area contributed by atoms with Gasteiger partial charge in [-0.05, 0) is 42.6 Å². The molecule has 0 fully saturated rings. The average Bonchev–Trinajstić information content (AvgIpc) is 2.33. The van der Waals surface area contributed by atoms with Crippen molar-refractivity contribution in [3.8, 4) is 0 Å². The van der Waals surface area contributed by atoms with E-state index in [1.807, 2.05) is 0 Å². The first-order valence-corrected chi connectivity index (χ1v) is 7.42. The molecule has 0 bridgehead atoms. The van der Waals surface area contributed by atoms with Gasteiger partial charge in [0.05, 0.1) is 0 Å². The lowest BCUT2D eigenvalue weighted by Crippen LogP contribution is -2.28. The van der Waals surface area contributed by atoms with Gasteiger partial charge in [-0.15, -0.1) is 0 Å². The predicted molar refractivity (Wildman–Crippen MR) is 79.4 cm³/mol. The lowest BCUT2D eigenvalue weighted by Gasteiger charge is -2.28.